The smallest absolute Gasteiger partial charge is 0.330 e. The molecule has 2 heterocycles. The number of benzene rings is 1. The van der Waals surface area contributed by atoms with E-state index in [-0.39, 0.29) is 12.6 Å². The van der Waals surface area contributed by atoms with Crippen molar-refractivity contribution in [3.63, 3.8) is 0 Å². The first-order valence-electron chi connectivity index (χ1n) is 9.01. The van der Waals surface area contributed by atoms with Crippen molar-refractivity contribution in [1.29, 1.82) is 5.26 Å². The maximum atomic E-state index is 12.6. The highest BCUT2D eigenvalue weighted by molar-refractivity contribution is 5.93. The molecule has 2 aromatic rings. The molecule has 2 N–H and O–H groups in total. The molecule has 0 spiro atoms. The van der Waals surface area contributed by atoms with E-state index in [9.17, 15) is 20.0 Å². The van der Waals surface area contributed by atoms with Crippen molar-refractivity contribution in [2.75, 3.05) is 31.7 Å². The van der Waals surface area contributed by atoms with Crippen LogP contribution in [0.2, 0.25) is 0 Å². The molecule has 3 atom stereocenters. The van der Waals surface area contributed by atoms with Crippen LogP contribution in [0, 0.1) is 11.3 Å². The molecule has 1 aromatic heterocycles. The Kier molecular flexibility index (Phi) is 6.21. The zero-order valence-corrected chi connectivity index (χ0v) is 16.0. The van der Waals surface area contributed by atoms with Gasteiger partial charge < -0.3 is 24.8 Å². The van der Waals surface area contributed by atoms with E-state index in [1.807, 2.05) is 11.8 Å². The molecule has 1 aliphatic rings. The van der Waals surface area contributed by atoms with Gasteiger partial charge >= 0.3 is 5.97 Å². The van der Waals surface area contributed by atoms with E-state index in [0.29, 0.717) is 23.1 Å². The van der Waals surface area contributed by atoms with E-state index in [2.05, 4.69) is 26.1 Å². The summed E-state index contributed by atoms with van der Waals surface area (Å²) in [6, 6.07) is 4.38. The Bertz CT molecular complexity index is 960. The van der Waals surface area contributed by atoms with E-state index in [1.165, 1.54) is 13.3 Å². The molecule has 1 saturated heterocycles. The Balaban J connectivity index is 1.86. The van der Waals surface area contributed by atoms with Gasteiger partial charge in [-0.2, -0.15) is 5.26 Å². The quantitative estimate of drug-likeness (QED) is 0.652. The molecule has 1 aliphatic heterocycles. The van der Waals surface area contributed by atoms with Crippen molar-refractivity contribution < 1.29 is 24.2 Å². The van der Waals surface area contributed by atoms with Gasteiger partial charge in [0, 0.05) is 18.9 Å². The molecule has 1 amide bonds. The molecule has 1 fully saturated rings. The van der Waals surface area contributed by atoms with Gasteiger partial charge in [0.15, 0.2) is 12.1 Å². The van der Waals surface area contributed by atoms with Gasteiger partial charge in [-0.3, -0.25) is 14.8 Å². The summed E-state index contributed by atoms with van der Waals surface area (Å²) in [6.07, 6.45) is 1.91. The second-order valence-electron chi connectivity index (χ2n) is 6.60. The van der Waals surface area contributed by atoms with Crippen LogP contribution in [0.4, 0.5) is 5.69 Å². The fourth-order valence-corrected chi connectivity index (χ4v) is 3.27. The number of nitrogens with zero attached hydrogens (tertiary/aromatic N) is 4. The lowest BCUT2D eigenvalue weighted by molar-refractivity contribution is -0.149. The third-order valence-electron chi connectivity index (χ3n) is 4.60. The molecule has 152 valence electrons. The van der Waals surface area contributed by atoms with Gasteiger partial charge in [-0.25, -0.2) is 4.79 Å². The summed E-state index contributed by atoms with van der Waals surface area (Å²) >= 11 is 0. The second kappa shape index (κ2) is 8.81. The molecule has 10 nitrogen and oxygen atoms in total. The molecule has 0 bridgehead atoms. The number of carbonyl (C=O) groups excluding carboxylic acids is 2. The van der Waals surface area contributed by atoms with Crippen LogP contribution in [-0.4, -0.2) is 72.0 Å². The lowest BCUT2D eigenvalue weighted by Gasteiger charge is -2.38. The summed E-state index contributed by atoms with van der Waals surface area (Å²) in [5.41, 5.74) is 2.18. The minimum absolute atomic E-state index is 0.201. The first-order chi connectivity index (χ1) is 14.0. The van der Waals surface area contributed by atoms with Crippen molar-refractivity contribution in [2.24, 2.45) is 0 Å². The number of nitrogens with one attached hydrogen (secondary N) is 1. The summed E-state index contributed by atoms with van der Waals surface area (Å²) in [6.45, 7) is 1.95. The molecule has 0 saturated carbocycles. The van der Waals surface area contributed by atoms with Gasteiger partial charge in [-0.1, -0.05) is 0 Å². The number of rotatable bonds is 5. The topological polar surface area (TPSA) is 138 Å². The van der Waals surface area contributed by atoms with Crippen LogP contribution in [0.25, 0.3) is 11.0 Å². The van der Waals surface area contributed by atoms with E-state index < -0.39 is 30.6 Å². The third-order valence-corrected chi connectivity index (χ3v) is 4.60. The van der Waals surface area contributed by atoms with Crippen LogP contribution in [0.5, 0.6) is 0 Å². The molecular weight excluding hydrogens is 378 g/mol. The SMILES string of the molecule is COC(=O)[C@H](CO)NC(=O)[C@H]1CN(c2ccc(C#N)c3nccnc23)C[C@@H](C)O1. The number of carbonyl (C=O) groups is 2. The Morgan fingerprint density at radius 1 is 1.38 bits per heavy atom. The van der Waals surface area contributed by atoms with Crippen molar-refractivity contribution in [3.8, 4) is 6.07 Å². The Labute approximate surface area is 167 Å². The molecular formula is C19H21N5O5. The second-order valence-corrected chi connectivity index (χ2v) is 6.60. The van der Waals surface area contributed by atoms with Crippen molar-refractivity contribution in [2.45, 2.75) is 25.2 Å². The first kappa shape index (κ1) is 20.4. The molecule has 10 heteroatoms. The normalized spacial score (nSPS) is 20.0. The van der Waals surface area contributed by atoms with Crippen LogP contribution in [-0.2, 0) is 19.1 Å². The number of aliphatic hydroxyl groups excluding tert-OH is 1. The first-order valence-corrected chi connectivity index (χ1v) is 9.01. The standard InChI is InChI=1S/C19H21N5O5/c1-11-8-24(9-15(29-11)18(26)23-13(10-25)19(27)28-2)14-4-3-12(7-20)16-17(14)22-6-5-21-16/h3-6,11,13,15,25H,8-10H2,1-2H3,(H,23,26)/t11-,13+,15-/m1/s1. The van der Waals surface area contributed by atoms with Gasteiger partial charge in [0.2, 0.25) is 0 Å². The van der Waals surface area contributed by atoms with E-state index >= 15 is 0 Å². The molecule has 3 rings (SSSR count). The number of anilines is 1. The number of hydrogen-bond donors (Lipinski definition) is 2. The average molecular weight is 399 g/mol. The summed E-state index contributed by atoms with van der Waals surface area (Å²) in [5.74, 6) is -1.27. The van der Waals surface area contributed by atoms with Crippen molar-refractivity contribution >= 4 is 28.6 Å². The van der Waals surface area contributed by atoms with Gasteiger partial charge in [0.25, 0.3) is 5.91 Å². The number of methoxy groups -OCH3 is 1. The van der Waals surface area contributed by atoms with Crippen LogP contribution in [0.3, 0.4) is 0 Å². The number of aliphatic hydroxyl groups is 1. The molecule has 1 aromatic carbocycles. The number of amides is 1. The highest BCUT2D eigenvalue weighted by atomic mass is 16.5. The van der Waals surface area contributed by atoms with Gasteiger partial charge in [0.05, 0.1) is 37.6 Å². The third kappa shape index (κ3) is 4.26. The number of morpholine rings is 1. The summed E-state index contributed by atoms with van der Waals surface area (Å²) in [4.78, 5) is 34.8. The fourth-order valence-electron chi connectivity index (χ4n) is 3.27. The van der Waals surface area contributed by atoms with Crippen LogP contribution in [0.15, 0.2) is 24.5 Å². The fraction of sp³-hybridized carbons (Fsp3) is 0.421. The number of hydrogen-bond acceptors (Lipinski definition) is 9. The highest BCUT2D eigenvalue weighted by Crippen LogP contribution is 2.28. The summed E-state index contributed by atoms with van der Waals surface area (Å²) in [5, 5.41) is 21.1. The average Bonchev–Trinajstić information content (AvgIpc) is 2.75. The van der Waals surface area contributed by atoms with Crippen LogP contribution >= 0.6 is 0 Å². The number of nitriles is 1. The highest BCUT2D eigenvalue weighted by Gasteiger charge is 2.33. The predicted octanol–water partition coefficient (Wildman–Crippen LogP) is -0.255. The minimum Gasteiger partial charge on any atom is -0.467 e. The van der Waals surface area contributed by atoms with E-state index in [0.717, 1.165) is 5.69 Å². The molecule has 0 unspecified atom stereocenters. The number of esters is 1. The number of fused-ring (bicyclic) bond motifs is 1. The Hall–Kier alpha value is -3.29. The largest absolute Gasteiger partial charge is 0.467 e. The monoisotopic (exact) mass is 399 g/mol. The Morgan fingerprint density at radius 2 is 2.10 bits per heavy atom. The Morgan fingerprint density at radius 3 is 2.76 bits per heavy atom. The van der Waals surface area contributed by atoms with Gasteiger partial charge in [-0.05, 0) is 19.1 Å². The van der Waals surface area contributed by atoms with Crippen LogP contribution in [0.1, 0.15) is 12.5 Å². The molecule has 0 aliphatic carbocycles. The number of aromatic nitrogens is 2. The van der Waals surface area contributed by atoms with Crippen molar-refractivity contribution in [3.05, 3.63) is 30.1 Å². The zero-order chi connectivity index (χ0) is 21.0. The maximum Gasteiger partial charge on any atom is 0.330 e. The molecule has 29 heavy (non-hydrogen) atoms. The van der Waals surface area contributed by atoms with Crippen molar-refractivity contribution in [1.82, 2.24) is 15.3 Å². The lowest BCUT2D eigenvalue weighted by atomic mass is 10.1. The summed E-state index contributed by atoms with van der Waals surface area (Å²) in [7, 11) is 1.18. The maximum absolute atomic E-state index is 12.6. The van der Waals surface area contributed by atoms with E-state index in [1.54, 1.807) is 18.3 Å². The molecule has 0 radical (unpaired) electrons. The van der Waals surface area contributed by atoms with Crippen LogP contribution < -0.4 is 10.2 Å². The minimum atomic E-state index is -1.16. The lowest BCUT2D eigenvalue weighted by Crippen LogP contribution is -2.56. The van der Waals surface area contributed by atoms with Gasteiger partial charge in [0.1, 0.15) is 17.1 Å². The van der Waals surface area contributed by atoms with Gasteiger partial charge in [-0.15, -0.1) is 0 Å². The predicted molar refractivity (Wildman–Crippen MR) is 102 cm³/mol. The summed E-state index contributed by atoms with van der Waals surface area (Å²) < 4.78 is 10.3. The van der Waals surface area contributed by atoms with E-state index in [4.69, 9.17) is 4.74 Å². The zero-order valence-electron chi connectivity index (χ0n) is 16.0. The number of ether oxygens (including phenoxy) is 2.